The first-order valence-corrected chi connectivity index (χ1v) is 3.54. The minimum atomic E-state index is -0.844. The Hall–Kier alpha value is -1.26. The van der Waals surface area contributed by atoms with E-state index in [1.54, 1.807) is 0 Å². The summed E-state index contributed by atoms with van der Waals surface area (Å²) in [6, 6.07) is 3.90. The summed E-state index contributed by atoms with van der Waals surface area (Å²) in [5, 5.41) is 27.3. The van der Waals surface area contributed by atoms with Crippen molar-refractivity contribution in [2.45, 2.75) is 6.10 Å². The lowest BCUT2D eigenvalue weighted by atomic mass is 10.1. The lowest BCUT2D eigenvalue weighted by molar-refractivity contribution is 0.186. The average Bonchev–Trinajstić information content (AvgIpc) is 2.01. The molecule has 0 radical (unpaired) electrons. The van der Waals surface area contributed by atoms with E-state index < -0.39 is 6.10 Å². The van der Waals surface area contributed by atoms with Crippen molar-refractivity contribution >= 4 is 0 Å². The highest BCUT2D eigenvalue weighted by molar-refractivity contribution is 5.37. The van der Waals surface area contributed by atoms with E-state index in [2.05, 4.69) is 0 Å². The van der Waals surface area contributed by atoms with Crippen molar-refractivity contribution in [3.05, 3.63) is 23.8 Å². The van der Waals surface area contributed by atoms with Crippen LogP contribution in [0.15, 0.2) is 18.2 Å². The van der Waals surface area contributed by atoms with Crippen LogP contribution < -0.4 is 5.73 Å². The summed E-state index contributed by atoms with van der Waals surface area (Å²) in [5.41, 5.74) is 5.60. The number of hydrogen-bond acceptors (Lipinski definition) is 4. The first-order valence-electron chi connectivity index (χ1n) is 3.54. The molecule has 4 nitrogen and oxygen atoms in total. The van der Waals surface area contributed by atoms with Gasteiger partial charge in [0.05, 0.1) is 6.10 Å². The molecule has 4 heteroatoms. The number of aromatic hydroxyl groups is 2. The van der Waals surface area contributed by atoms with Crippen LogP contribution in [0.1, 0.15) is 11.7 Å². The van der Waals surface area contributed by atoms with Gasteiger partial charge in [-0.2, -0.15) is 0 Å². The van der Waals surface area contributed by atoms with Crippen LogP contribution in [-0.4, -0.2) is 21.9 Å². The smallest absolute Gasteiger partial charge is 0.119 e. The van der Waals surface area contributed by atoms with Crippen molar-refractivity contribution in [2.24, 2.45) is 5.73 Å². The molecule has 0 aromatic heterocycles. The molecule has 1 aromatic carbocycles. The molecule has 0 fully saturated rings. The summed E-state index contributed by atoms with van der Waals surface area (Å²) in [4.78, 5) is 0. The lowest BCUT2D eigenvalue weighted by Crippen LogP contribution is -2.11. The molecule has 0 bridgehead atoms. The first kappa shape index (κ1) is 8.83. The molecule has 1 atom stereocenters. The van der Waals surface area contributed by atoms with Crippen LogP contribution in [0.5, 0.6) is 11.5 Å². The van der Waals surface area contributed by atoms with Gasteiger partial charge < -0.3 is 21.1 Å². The fourth-order valence-electron chi connectivity index (χ4n) is 0.947. The third-order valence-electron chi connectivity index (χ3n) is 1.53. The summed E-state index contributed by atoms with van der Waals surface area (Å²) in [6.45, 7) is 0.0584. The number of benzene rings is 1. The molecule has 0 saturated heterocycles. The maximum Gasteiger partial charge on any atom is 0.119 e. The van der Waals surface area contributed by atoms with Crippen molar-refractivity contribution in [3.63, 3.8) is 0 Å². The Morgan fingerprint density at radius 1 is 1.17 bits per heavy atom. The Balaban J connectivity index is 3.00. The number of rotatable bonds is 2. The highest BCUT2D eigenvalue weighted by Gasteiger charge is 2.06. The topological polar surface area (TPSA) is 86.7 Å². The van der Waals surface area contributed by atoms with Crippen molar-refractivity contribution in [3.8, 4) is 11.5 Å². The third kappa shape index (κ3) is 1.87. The molecule has 0 spiro atoms. The van der Waals surface area contributed by atoms with Crippen LogP contribution in [0.3, 0.4) is 0 Å². The van der Waals surface area contributed by atoms with E-state index in [0.717, 1.165) is 0 Å². The summed E-state index contributed by atoms with van der Waals surface area (Å²) in [7, 11) is 0. The molecule has 0 heterocycles. The molecule has 1 unspecified atom stereocenters. The molecular weight excluding hydrogens is 158 g/mol. The molecule has 66 valence electrons. The highest BCUT2D eigenvalue weighted by Crippen LogP contribution is 2.24. The van der Waals surface area contributed by atoms with Crippen LogP contribution >= 0.6 is 0 Å². The van der Waals surface area contributed by atoms with Crippen LogP contribution in [-0.2, 0) is 0 Å². The Kier molecular flexibility index (Phi) is 2.52. The second kappa shape index (κ2) is 3.42. The summed E-state index contributed by atoms with van der Waals surface area (Å²) in [5.74, 6) is -0.171. The molecule has 0 aliphatic carbocycles. The van der Waals surface area contributed by atoms with Crippen LogP contribution in [0.4, 0.5) is 0 Å². The van der Waals surface area contributed by atoms with Gasteiger partial charge in [-0.15, -0.1) is 0 Å². The van der Waals surface area contributed by atoms with Crippen molar-refractivity contribution in [2.75, 3.05) is 6.54 Å². The number of nitrogens with two attached hydrogens (primary N) is 1. The fourth-order valence-corrected chi connectivity index (χ4v) is 0.947. The number of aliphatic hydroxyl groups excluding tert-OH is 1. The SMILES string of the molecule is NCC(O)c1cc(O)cc(O)c1. The predicted octanol–water partition coefficient (Wildman–Crippen LogP) is 0.0899. The minimum Gasteiger partial charge on any atom is -0.508 e. The van der Waals surface area contributed by atoms with E-state index in [4.69, 9.17) is 15.9 Å². The normalized spacial score (nSPS) is 12.8. The van der Waals surface area contributed by atoms with E-state index in [1.165, 1.54) is 18.2 Å². The van der Waals surface area contributed by atoms with Gasteiger partial charge in [-0.25, -0.2) is 0 Å². The van der Waals surface area contributed by atoms with Gasteiger partial charge in [-0.1, -0.05) is 0 Å². The van der Waals surface area contributed by atoms with Crippen molar-refractivity contribution in [1.82, 2.24) is 0 Å². The zero-order valence-electron chi connectivity index (χ0n) is 6.44. The van der Waals surface area contributed by atoms with E-state index >= 15 is 0 Å². The number of phenols is 2. The molecule has 1 rings (SSSR count). The molecule has 0 aliphatic rings. The second-order valence-corrected chi connectivity index (χ2v) is 2.53. The molecule has 0 saturated carbocycles. The van der Waals surface area contributed by atoms with Crippen LogP contribution in [0, 0.1) is 0 Å². The summed E-state index contributed by atoms with van der Waals surface area (Å²) in [6.07, 6.45) is -0.844. The van der Waals surface area contributed by atoms with Gasteiger partial charge in [0.1, 0.15) is 11.5 Å². The summed E-state index contributed by atoms with van der Waals surface area (Å²) >= 11 is 0. The Bertz CT molecular complexity index is 255. The van der Waals surface area contributed by atoms with Gasteiger partial charge in [0.25, 0.3) is 0 Å². The van der Waals surface area contributed by atoms with Gasteiger partial charge in [0.15, 0.2) is 0 Å². The van der Waals surface area contributed by atoms with Gasteiger partial charge in [-0.3, -0.25) is 0 Å². The van der Waals surface area contributed by atoms with Crippen LogP contribution in [0.25, 0.3) is 0 Å². The number of phenolic OH excluding ortho intramolecular Hbond substituents is 2. The first-order chi connectivity index (χ1) is 5.63. The fraction of sp³-hybridized carbons (Fsp3) is 0.250. The number of aliphatic hydroxyl groups is 1. The Labute approximate surface area is 69.9 Å². The predicted molar refractivity (Wildman–Crippen MR) is 43.8 cm³/mol. The number of hydrogen-bond donors (Lipinski definition) is 4. The highest BCUT2D eigenvalue weighted by atomic mass is 16.3. The van der Waals surface area contributed by atoms with Crippen LogP contribution in [0.2, 0.25) is 0 Å². The average molecular weight is 169 g/mol. The molecule has 0 amide bonds. The maximum atomic E-state index is 9.23. The molecule has 0 aliphatic heterocycles. The van der Waals surface area contributed by atoms with Gasteiger partial charge in [-0.05, 0) is 17.7 Å². The molecule has 1 aromatic rings. The molecule has 5 N–H and O–H groups in total. The third-order valence-corrected chi connectivity index (χ3v) is 1.53. The van der Waals surface area contributed by atoms with E-state index in [9.17, 15) is 5.11 Å². The zero-order valence-corrected chi connectivity index (χ0v) is 6.44. The van der Waals surface area contributed by atoms with Crippen molar-refractivity contribution < 1.29 is 15.3 Å². The van der Waals surface area contributed by atoms with Gasteiger partial charge in [0, 0.05) is 12.6 Å². The van der Waals surface area contributed by atoms with Crippen molar-refractivity contribution in [1.29, 1.82) is 0 Å². The van der Waals surface area contributed by atoms with E-state index in [0.29, 0.717) is 5.56 Å². The second-order valence-electron chi connectivity index (χ2n) is 2.53. The maximum absolute atomic E-state index is 9.23. The summed E-state index contributed by atoms with van der Waals surface area (Å²) < 4.78 is 0. The molecule has 12 heavy (non-hydrogen) atoms. The van der Waals surface area contributed by atoms with E-state index in [1.807, 2.05) is 0 Å². The standard InChI is InChI=1S/C8H11NO3/c9-4-8(12)5-1-6(10)3-7(11)2-5/h1-3,8,10-12H,4,9H2. The largest absolute Gasteiger partial charge is 0.508 e. The monoisotopic (exact) mass is 169 g/mol. The Morgan fingerprint density at radius 3 is 2.08 bits per heavy atom. The van der Waals surface area contributed by atoms with E-state index in [-0.39, 0.29) is 18.0 Å². The zero-order chi connectivity index (χ0) is 9.14. The minimum absolute atomic E-state index is 0.0584. The van der Waals surface area contributed by atoms with Gasteiger partial charge >= 0.3 is 0 Å². The Morgan fingerprint density at radius 2 is 1.67 bits per heavy atom. The quantitative estimate of drug-likeness (QED) is 0.505. The molecular formula is C8H11NO3. The lowest BCUT2D eigenvalue weighted by Gasteiger charge is -2.08. The van der Waals surface area contributed by atoms with Gasteiger partial charge in [0.2, 0.25) is 0 Å².